The second-order valence-corrected chi connectivity index (χ2v) is 5.96. The molecule has 1 aliphatic heterocycles. The molecule has 1 fully saturated rings. The zero-order valence-electron chi connectivity index (χ0n) is 14.1. The first-order valence-electron chi connectivity index (χ1n) is 8.27. The third-order valence-corrected chi connectivity index (χ3v) is 4.27. The van der Waals surface area contributed by atoms with E-state index in [1.807, 2.05) is 30.3 Å². The van der Waals surface area contributed by atoms with Crippen LogP contribution in [0.5, 0.6) is 0 Å². The van der Waals surface area contributed by atoms with Gasteiger partial charge in [0.2, 0.25) is 0 Å². The van der Waals surface area contributed by atoms with Crippen molar-refractivity contribution in [2.45, 2.75) is 18.7 Å². The van der Waals surface area contributed by atoms with E-state index in [9.17, 15) is 14.4 Å². The molecule has 1 aromatic carbocycles. The minimum atomic E-state index is -0.634. The number of benzene rings is 1. The molecule has 0 N–H and O–H groups in total. The lowest BCUT2D eigenvalue weighted by molar-refractivity contribution is -0.112. The molecule has 26 heavy (non-hydrogen) atoms. The Balaban J connectivity index is 1.70. The number of ether oxygens (including phenoxy) is 1. The van der Waals surface area contributed by atoms with Gasteiger partial charge in [0.1, 0.15) is 31.3 Å². The lowest BCUT2D eigenvalue weighted by atomic mass is 10.1. The molecule has 2 aromatic rings. The van der Waals surface area contributed by atoms with E-state index in [-0.39, 0.29) is 19.7 Å². The van der Waals surface area contributed by atoms with Crippen molar-refractivity contribution in [2.24, 2.45) is 0 Å². The van der Waals surface area contributed by atoms with E-state index in [4.69, 9.17) is 4.74 Å². The molecule has 134 valence electrons. The monoisotopic (exact) mass is 353 g/mol. The number of carbonyl (C=O) groups is 3. The lowest BCUT2D eigenvalue weighted by Gasteiger charge is -2.43. The number of anilines is 1. The summed E-state index contributed by atoms with van der Waals surface area (Å²) in [5.41, 5.74) is 1.58. The number of piperazine rings is 1. The van der Waals surface area contributed by atoms with Crippen LogP contribution in [0, 0.1) is 0 Å². The Bertz CT molecular complexity index is 736. The smallest absolute Gasteiger partial charge is 0.410 e. The first-order valence-corrected chi connectivity index (χ1v) is 8.27. The van der Waals surface area contributed by atoms with Gasteiger partial charge < -0.3 is 24.1 Å². The molecule has 0 bridgehead atoms. The van der Waals surface area contributed by atoms with Crippen molar-refractivity contribution >= 4 is 24.4 Å². The molecule has 7 nitrogen and oxygen atoms in total. The molecule has 0 aliphatic carbocycles. The highest BCUT2D eigenvalue weighted by Crippen LogP contribution is 2.23. The minimum Gasteiger partial charge on any atom is -0.445 e. The van der Waals surface area contributed by atoms with Crippen LogP contribution in [-0.4, -0.2) is 53.7 Å². The van der Waals surface area contributed by atoms with Crippen LogP contribution in [0.1, 0.15) is 5.56 Å². The summed E-state index contributed by atoms with van der Waals surface area (Å²) in [6.07, 6.45) is 4.14. The van der Waals surface area contributed by atoms with E-state index in [0.29, 0.717) is 5.69 Å². The molecule has 1 aromatic heterocycles. The number of aldehydes is 2. The standard InChI is InChI=1S/C19H19N3O4/c23-12-17-10-21(19(25)26-14-15-4-2-1-3-5-15)11-18(13-24)22(17)16-6-8-20-9-7-16/h1-9,12-13,17-18H,10-11,14H2. The summed E-state index contributed by atoms with van der Waals surface area (Å²) in [7, 11) is 0. The molecule has 1 aliphatic rings. The Kier molecular flexibility index (Phi) is 5.58. The van der Waals surface area contributed by atoms with E-state index < -0.39 is 18.2 Å². The number of nitrogens with zero attached hydrogens (tertiary/aromatic N) is 3. The summed E-state index contributed by atoms with van der Waals surface area (Å²) in [6, 6.07) is 11.5. The molecule has 1 amide bonds. The van der Waals surface area contributed by atoms with Gasteiger partial charge in [-0.2, -0.15) is 0 Å². The molecule has 2 heterocycles. The van der Waals surface area contributed by atoms with Crippen LogP contribution >= 0.6 is 0 Å². The quantitative estimate of drug-likeness (QED) is 0.761. The van der Waals surface area contributed by atoms with Crippen molar-refractivity contribution < 1.29 is 19.1 Å². The molecule has 7 heteroatoms. The van der Waals surface area contributed by atoms with Crippen LogP contribution < -0.4 is 4.90 Å². The van der Waals surface area contributed by atoms with Gasteiger partial charge in [0.05, 0.1) is 13.1 Å². The zero-order chi connectivity index (χ0) is 18.4. The van der Waals surface area contributed by atoms with Crippen LogP contribution in [0.15, 0.2) is 54.9 Å². The SMILES string of the molecule is O=CC1CN(C(=O)OCc2ccccc2)CC(C=O)N1c1ccncc1. The average Bonchev–Trinajstić information content (AvgIpc) is 2.72. The topological polar surface area (TPSA) is 79.8 Å². The van der Waals surface area contributed by atoms with Gasteiger partial charge >= 0.3 is 6.09 Å². The van der Waals surface area contributed by atoms with Gasteiger partial charge in [-0.1, -0.05) is 30.3 Å². The second kappa shape index (κ2) is 8.24. The Morgan fingerprint density at radius 2 is 1.65 bits per heavy atom. The van der Waals surface area contributed by atoms with Gasteiger partial charge in [-0.3, -0.25) is 4.98 Å². The second-order valence-electron chi connectivity index (χ2n) is 5.96. The number of amides is 1. The number of aromatic nitrogens is 1. The maximum Gasteiger partial charge on any atom is 0.410 e. The van der Waals surface area contributed by atoms with Gasteiger partial charge in [-0.05, 0) is 17.7 Å². The largest absolute Gasteiger partial charge is 0.445 e. The first kappa shape index (κ1) is 17.6. The van der Waals surface area contributed by atoms with Crippen LogP contribution in [0.2, 0.25) is 0 Å². The number of hydrogen-bond donors (Lipinski definition) is 0. The Morgan fingerprint density at radius 3 is 2.23 bits per heavy atom. The molecule has 0 spiro atoms. The van der Waals surface area contributed by atoms with Gasteiger partial charge in [0, 0.05) is 18.1 Å². The van der Waals surface area contributed by atoms with Crippen LogP contribution in [0.3, 0.4) is 0 Å². The summed E-state index contributed by atoms with van der Waals surface area (Å²) >= 11 is 0. The minimum absolute atomic E-state index is 0.141. The van der Waals surface area contributed by atoms with Crippen LogP contribution in [0.4, 0.5) is 10.5 Å². The zero-order valence-corrected chi connectivity index (χ0v) is 14.1. The molecule has 0 radical (unpaired) electrons. The van der Waals surface area contributed by atoms with E-state index in [1.165, 1.54) is 4.90 Å². The summed E-state index contributed by atoms with van der Waals surface area (Å²) in [5, 5.41) is 0. The fourth-order valence-electron chi connectivity index (χ4n) is 3.02. The highest BCUT2D eigenvalue weighted by molar-refractivity contribution is 5.78. The van der Waals surface area contributed by atoms with Gasteiger partial charge in [0.15, 0.2) is 0 Å². The normalized spacial score (nSPS) is 19.7. The van der Waals surface area contributed by atoms with E-state index in [1.54, 1.807) is 29.4 Å². The number of rotatable bonds is 5. The van der Waals surface area contributed by atoms with Gasteiger partial charge in [-0.25, -0.2) is 4.79 Å². The maximum atomic E-state index is 12.4. The predicted octanol–water partition coefficient (Wildman–Crippen LogP) is 1.68. The average molecular weight is 353 g/mol. The summed E-state index contributed by atoms with van der Waals surface area (Å²) in [6.45, 7) is 0.454. The van der Waals surface area contributed by atoms with Crippen molar-refractivity contribution in [3.63, 3.8) is 0 Å². The summed E-state index contributed by atoms with van der Waals surface area (Å²) < 4.78 is 5.32. The van der Waals surface area contributed by atoms with Crippen molar-refractivity contribution in [1.82, 2.24) is 9.88 Å². The Morgan fingerprint density at radius 1 is 1.04 bits per heavy atom. The van der Waals surface area contributed by atoms with E-state index >= 15 is 0 Å². The molecular weight excluding hydrogens is 334 g/mol. The third kappa shape index (κ3) is 3.88. The third-order valence-electron chi connectivity index (χ3n) is 4.27. The van der Waals surface area contributed by atoms with Gasteiger partial charge in [-0.15, -0.1) is 0 Å². The van der Waals surface area contributed by atoms with Gasteiger partial charge in [0.25, 0.3) is 0 Å². The molecule has 3 rings (SSSR count). The Labute approximate surface area is 151 Å². The molecule has 1 saturated heterocycles. The fraction of sp³-hybridized carbons (Fsp3) is 0.263. The van der Waals surface area contributed by atoms with Crippen molar-refractivity contribution in [3.05, 3.63) is 60.4 Å². The molecule has 2 unspecified atom stereocenters. The van der Waals surface area contributed by atoms with Crippen LogP contribution in [-0.2, 0) is 20.9 Å². The lowest BCUT2D eigenvalue weighted by Crippen LogP contribution is -2.61. The Hall–Kier alpha value is -3.22. The predicted molar refractivity (Wildman–Crippen MR) is 94.6 cm³/mol. The van der Waals surface area contributed by atoms with E-state index in [0.717, 1.165) is 18.1 Å². The fourth-order valence-corrected chi connectivity index (χ4v) is 3.02. The molecular formula is C19H19N3O4. The van der Waals surface area contributed by atoms with Crippen LogP contribution in [0.25, 0.3) is 0 Å². The van der Waals surface area contributed by atoms with E-state index in [2.05, 4.69) is 4.98 Å². The number of pyridine rings is 1. The molecule has 0 saturated carbocycles. The highest BCUT2D eigenvalue weighted by atomic mass is 16.6. The summed E-state index contributed by atoms with van der Waals surface area (Å²) in [5.74, 6) is 0. The van der Waals surface area contributed by atoms with Crippen molar-refractivity contribution in [3.8, 4) is 0 Å². The highest BCUT2D eigenvalue weighted by Gasteiger charge is 2.37. The van der Waals surface area contributed by atoms with Crippen molar-refractivity contribution in [1.29, 1.82) is 0 Å². The maximum absolute atomic E-state index is 12.4. The number of hydrogen-bond acceptors (Lipinski definition) is 6. The number of carbonyl (C=O) groups excluding carboxylic acids is 3. The summed E-state index contributed by atoms with van der Waals surface area (Å²) in [4.78, 5) is 42.6. The molecule has 2 atom stereocenters. The van der Waals surface area contributed by atoms with Crippen molar-refractivity contribution in [2.75, 3.05) is 18.0 Å². The first-order chi connectivity index (χ1) is 12.7.